The zero-order valence-corrected chi connectivity index (χ0v) is 12.1. The molecule has 106 valence electrons. The molecule has 0 heterocycles. The van der Waals surface area contributed by atoms with Gasteiger partial charge in [-0.2, -0.15) is 0 Å². The zero-order chi connectivity index (χ0) is 14.5. The Labute approximate surface area is 114 Å². The second-order valence-corrected chi connectivity index (χ2v) is 4.99. The van der Waals surface area contributed by atoms with E-state index < -0.39 is 11.5 Å². The van der Waals surface area contributed by atoms with Gasteiger partial charge in [-0.25, -0.2) is 0 Å². The predicted molar refractivity (Wildman–Crippen MR) is 75.7 cm³/mol. The van der Waals surface area contributed by atoms with Gasteiger partial charge in [0, 0.05) is 6.42 Å². The number of nitrogens with one attached hydrogen (secondary N) is 1. The Morgan fingerprint density at radius 1 is 1.37 bits per heavy atom. The molecule has 1 aromatic carbocycles. The van der Waals surface area contributed by atoms with Crippen molar-refractivity contribution in [2.45, 2.75) is 39.7 Å². The fourth-order valence-electron chi connectivity index (χ4n) is 2.05. The smallest absolute Gasteiger partial charge is 0.323 e. The van der Waals surface area contributed by atoms with Crippen LogP contribution in [0, 0.1) is 13.8 Å². The average molecular weight is 265 g/mol. The largest absolute Gasteiger partial charge is 0.493 e. The molecule has 4 heteroatoms. The second kappa shape index (κ2) is 6.57. The van der Waals surface area contributed by atoms with Gasteiger partial charge in [-0.3, -0.25) is 4.79 Å². The van der Waals surface area contributed by atoms with Crippen LogP contribution in [0.1, 0.15) is 31.4 Å². The summed E-state index contributed by atoms with van der Waals surface area (Å²) in [6.07, 6.45) is 0.421. The lowest BCUT2D eigenvalue weighted by Gasteiger charge is -2.26. The van der Waals surface area contributed by atoms with E-state index in [1.54, 1.807) is 6.92 Å². The molecule has 4 nitrogen and oxygen atoms in total. The lowest BCUT2D eigenvalue weighted by atomic mass is 9.98. The van der Waals surface area contributed by atoms with Gasteiger partial charge in [0.25, 0.3) is 0 Å². The standard InChI is InChI=1S/C15H23NO3/c1-5-16-15(4,14(17)18)9-10-19-13-11(2)7-6-8-12(13)3/h6-8,16H,5,9-10H2,1-4H3,(H,17,18). The summed E-state index contributed by atoms with van der Waals surface area (Å²) in [5.41, 5.74) is 1.20. The molecule has 1 unspecified atom stereocenters. The molecule has 0 aliphatic carbocycles. The van der Waals surface area contributed by atoms with Gasteiger partial charge in [0.15, 0.2) is 0 Å². The first-order chi connectivity index (χ1) is 8.90. The molecular weight excluding hydrogens is 242 g/mol. The maximum atomic E-state index is 11.3. The number of hydrogen-bond acceptors (Lipinski definition) is 3. The van der Waals surface area contributed by atoms with Crippen molar-refractivity contribution in [3.63, 3.8) is 0 Å². The molecule has 1 atom stereocenters. The van der Waals surface area contributed by atoms with Crippen molar-refractivity contribution in [3.8, 4) is 5.75 Å². The number of benzene rings is 1. The third-order valence-electron chi connectivity index (χ3n) is 3.30. The summed E-state index contributed by atoms with van der Waals surface area (Å²) in [4.78, 5) is 11.3. The van der Waals surface area contributed by atoms with Crippen LogP contribution >= 0.6 is 0 Å². The molecule has 0 radical (unpaired) electrons. The monoisotopic (exact) mass is 265 g/mol. The lowest BCUT2D eigenvalue weighted by Crippen LogP contribution is -2.50. The summed E-state index contributed by atoms with van der Waals surface area (Å²) in [6.45, 7) is 8.56. The van der Waals surface area contributed by atoms with Crippen molar-refractivity contribution in [2.24, 2.45) is 0 Å². The maximum absolute atomic E-state index is 11.3. The summed E-state index contributed by atoms with van der Waals surface area (Å²) in [5.74, 6) is 0.00573. The molecule has 19 heavy (non-hydrogen) atoms. The van der Waals surface area contributed by atoms with E-state index >= 15 is 0 Å². The molecule has 0 saturated heterocycles. The van der Waals surface area contributed by atoms with Crippen molar-refractivity contribution in [3.05, 3.63) is 29.3 Å². The molecule has 1 rings (SSSR count). The highest BCUT2D eigenvalue weighted by Gasteiger charge is 2.31. The number of carboxylic acids is 1. The van der Waals surface area contributed by atoms with Gasteiger partial charge < -0.3 is 15.2 Å². The topological polar surface area (TPSA) is 58.6 Å². The number of aliphatic carboxylic acids is 1. The molecule has 0 spiro atoms. The van der Waals surface area contributed by atoms with Crippen molar-refractivity contribution in [2.75, 3.05) is 13.2 Å². The van der Waals surface area contributed by atoms with Gasteiger partial charge in [-0.05, 0) is 38.4 Å². The molecule has 0 fully saturated rings. The van der Waals surface area contributed by atoms with E-state index in [0.717, 1.165) is 16.9 Å². The van der Waals surface area contributed by atoms with Crippen LogP contribution in [0.3, 0.4) is 0 Å². The highest BCUT2D eigenvalue weighted by molar-refractivity contribution is 5.78. The van der Waals surface area contributed by atoms with Crippen LogP contribution in [0.4, 0.5) is 0 Å². The van der Waals surface area contributed by atoms with E-state index in [2.05, 4.69) is 5.32 Å². The minimum Gasteiger partial charge on any atom is -0.493 e. The fraction of sp³-hybridized carbons (Fsp3) is 0.533. The van der Waals surface area contributed by atoms with E-state index in [0.29, 0.717) is 19.6 Å². The van der Waals surface area contributed by atoms with E-state index in [9.17, 15) is 9.90 Å². The Morgan fingerprint density at radius 3 is 2.42 bits per heavy atom. The Morgan fingerprint density at radius 2 is 1.95 bits per heavy atom. The van der Waals surface area contributed by atoms with Crippen LogP contribution in [-0.4, -0.2) is 29.8 Å². The first kappa shape index (κ1) is 15.5. The molecule has 0 amide bonds. The minimum absolute atomic E-state index is 0.376. The van der Waals surface area contributed by atoms with Crippen LogP contribution in [0.15, 0.2) is 18.2 Å². The Kier molecular flexibility index (Phi) is 5.36. The van der Waals surface area contributed by atoms with Crippen LogP contribution in [0.5, 0.6) is 5.75 Å². The number of ether oxygens (including phenoxy) is 1. The normalized spacial score (nSPS) is 13.9. The number of aryl methyl sites for hydroxylation is 2. The van der Waals surface area contributed by atoms with Gasteiger partial charge in [-0.15, -0.1) is 0 Å². The highest BCUT2D eigenvalue weighted by atomic mass is 16.5. The van der Waals surface area contributed by atoms with Crippen LogP contribution in [0.2, 0.25) is 0 Å². The van der Waals surface area contributed by atoms with Crippen molar-refractivity contribution in [1.82, 2.24) is 5.32 Å². The van der Waals surface area contributed by atoms with Gasteiger partial charge in [-0.1, -0.05) is 25.1 Å². The highest BCUT2D eigenvalue weighted by Crippen LogP contribution is 2.23. The summed E-state index contributed by atoms with van der Waals surface area (Å²) in [6, 6.07) is 5.96. The third kappa shape index (κ3) is 3.96. The van der Waals surface area contributed by atoms with Crippen LogP contribution < -0.4 is 10.1 Å². The molecule has 0 bridgehead atoms. The maximum Gasteiger partial charge on any atom is 0.323 e. The van der Waals surface area contributed by atoms with E-state index in [-0.39, 0.29) is 0 Å². The van der Waals surface area contributed by atoms with Crippen molar-refractivity contribution in [1.29, 1.82) is 0 Å². The summed E-state index contributed by atoms with van der Waals surface area (Å²) in [5, 5.41) is 12.2. The van der Waals surface area contributed by atoms with Gasteiger partial charge in [0.1, 0.15) is 11.3 Å². The molecule has 0 saturated carbocycles. The van der Waals surface area contributed by atoms with E-state index in [1.165, 1.54) is 0 Å². The Hall–Kier alpha value is -1.55. The Bertz CT molecular complexity index is 425. The average Bonchev–Trinajstić information content (AvgIpc) is 2.33. The fourth-order valence-corrected chi connectivity index (χ4v) is 2.05. The van der Waals surface area contributed by atoms with Crippen LogP contribution in [0.25, 0.3) is 0 Å². The summed E-state index contributed by atoms with van der Waals surface area (Å²) < 4.78 is 5.76. The molecule has 0 aliphatic heterocycles. The number of para-hydroxylation sites is 1. The van der Waals surface area contributed by atoms with Crippen LogP contribution in [-0.2, 0) is 4.79 Å². The molecule has 1 aromatic rings. The van der Waals surface area contributed by atoms with E-state index in [1.807, 2.05) is 39.0 Å². The lowest BCUT2D eigenvalue weighted by molar-refractivity contribution is -0.144. The third-order valence-corrected chi connectivity index (χ3v) is 3.30. The number of rotatable bonds is 7. The first-order valence-corrected chi connectivity index (χ1v) is 6.58. The molecular formula is C15H23NO3. The van der Waals surface area contributed by atoms with Crippen molar-refractivity contribution < 1.29 is 14.6 Å². The number of carboxylic acid groups (broad SMARTS) is 1. The molecule has 0 aliphatic rings. The quantitative estimate of drug-likeness (QED) is 0.795. The van der Waals surface area contributed by atoms with Gasteiger partial charge in [0.05, 0.1) is 6.61 Å². The summed E-state index contributed by atoms with van der Waals surface area (Å²) >= 11 is 0. The van der Waals surface area contributed by atoms with Gasteiger partial charge in [0.2, 0.25) is 0 Å². The number of likely N-dealkylation sites (N-methyl/N-ethyl adjacent to an activating group) is 1. The zero-order valence-electron chi connectivity index (χ0n) is 12.1. The summed E-state index contributed by atoms with van der Waals surface area (Å²) in [7, 11) is 0. The molecule has 0 aromatic heterocycles. The van der Waals surface area contributed by atoms with E-state index in [4.69, 9.17) is 4.74 Å². The second-order valence-electron chi connectivity index (χ2n) is 4.99. The van der Waals surface area contributed by atoms with Crippen molar-refractivity contribution >= 4 is 5.97 Å². The predicted octanol–water partition coefficient (Wildman–Crippen LogP) is 2.53. The number of hydrogen-bond donors (Lipinski definition) is 2. The minimum atomic E-state index is -0.939. The number of carbonyl (C=O) groups is 1. The SMILES string of the molecule is CCNC(C)(CCOc1c(C)cccc1C)C(=O)O. The molecule has 2 N–H and O–H groups in total. The Balaban J connectivity index is 2.65. The van der Waals surface area contributed by atoms with Gasteiger partial charge >= 0.3 is 5.97 Å². The first-order valence-electron chi connectivity index (χ1n) is 6.58.